The fourth-order valence-electron chi connectivity index (χ4n) is 8.75. The van der Waals surface area contributed by atoms with Crippen LogP contribution in [0.4, 0.5) is 16.2 Å². The summed E-state index contributed by atoms with van der Waals surface area (Å²) in [5, 5.41) is 2.88. The van der Waals surface area contributed by atoms with Gasteiger partial charge in [0, 0.05) is 61.9 Å². The maximum absolute atomic E-state index is 14.2. The second-order valence-corrected chi connectivity index (χ2v) is 21.3. The van der Waals surface area contributed by atoms with Gasteiger partial charge in [-0.1, -0.05) is 52.8 Å². The maximum atomic E-state index is 14.2. The lowest BCUT2D eigenvalue weighted by molar-refractivity contribution is -0.120. The van der Waals surface area contributed by atoms with E-state index in [0.29, 0.717) is 112 Å². The van der Waals surface area contributed by atoms with Gasteiger partial charge in [0.05, 0.1) is 74.6 Å². The van der Waals surface area contributed by atoms with Gasteiger partial charge in [-0.25, -0.2) is 4.79 Å². The molecule has 19 heteroatoms. The first-order valence-corrected chi connectivity index (χ1v) is 25.9. The Morgan fingerprint density at radius 3 is 1.96 bits per heavy atom. The Hall–Kier alpha value is -4.98. The predicted molar refractivity (Wildman–Crippen MR) is 266 cm³/mol. The fraction of sp³-hybridized carbons (Fsp3) is 0.592. The van der Waals surface area contributed by atoms with E-state index in [4.69, 9.17) is 44.6 Å². The van der Waals surface area contributed by atoms with E-state index in [1.807, 2.05) is 25.7 Å². The first-order valence-electron chi connectivity index (χ1n) is 23.5. The Balaban J connectivity index is 0.969. The second kappa shape index (κ2) is 24.5. The highest BCUT2D eigenvalue weighted by atomic mass is 33.1. The molecule has 68 heavy (non-hydrogen) atoms. The van der Waals surface area contributed by atoms with Crippen LogP contribution < -0.4 is 35.7 Å². The molecule has 374 valence electrons. The maximum Gasteiger partial charge on any atom is 0.412 e. The van der Waals surface area contributed by atoms with E-state index in [9.17, 15) is 19.2 Å². The molecule has 4 fully saturated rings. The molecule has 0 radical (unpaired) electrons. The van der Waals surface area contributed by atoms with Gasteiger partial charge in [0.15, 0.2) is 29.2 Å². The van der Waals surface area contributed by atoms with E-state index < -0.39 is 23.1 Å². The molecule has 2 unspecified atom stereocenters. The molecule has 0 bridgehead atoms. The number of nitrogens with one attached hydrogen (secondary N) is 1. The lowest BCUT2D eigenvalue weighted by Gasteiger charge is -2.33. The minimum atomic E-state index is -0.739. The molecule has 4 heterocycles. The van der Waals surface area contributed by atoms with Crippen LogP contribution in [0.5, 0.6) is 23.0 Å². The van der Waals surface area contributed by atoms with Crippen molar-refractivity contribution in [3.8, 4) is 23.0 Å². The van der Waals surface area contributed by atoms with Crippen LogP contribution in [0.3, 0.4) is 0 Å². The number of benzene rings is 2. The molecule has 0 saturated carbocycles. The number of nitrogens with zero attached hydrogens (tertiary/aromatic N) is 3. The largest absolute Gasteiger partial charge is 0.493 e. The van der Waals surface area contributed by atoms with Gasteiger partial charge >= 0.3 is 6.09 Å². The number of carbonyl (C=O) groups excluding carboxylic acids is 4. The Kier molecular flexibility index (Phi) is 18.9. The van der Waals surface area contributed by atoms with E-state index in [-0.39, 0.29) is 54.3 Å². The zero-order chi connectivity index (χ0) is 49.0. The first-order chi connectivity index (χ1) is 32.6. The van der Waals surface area contributed by atoms with Gasteiger partial charge < -0.3 is 59.7 Å². The molecule has 0 aromatic heterocycles. The van der Waals surface area contributed by atoms with Gasteiger partial charge in [0.1, 0.15) is 6.61 Å². The van der Waals surface area contributed by atoms with Crippen molar-refractivity contribution < 1.29 is 52.3 Å². The number of ether oxygens (including phenoxy) is 7. The molecule has 6 rings (SSSR count). The number of carbonyl (C=O) groups is 4. The van der Waals surface area contributed by atoms with Crippen LogP contribution in [0.15, 0.2) is 48.6 Å². The number of nitrogens with two attached hydrogens (primary N) is 2. The number of amides is 4. The molecule has 4 atom stereocenters. The van der Waals surface area contributed by atoms with Crippen molar-refractivity contribution in [2.75, 3.05) is 90.7 Å². The fourth-order valence-corrected chi connectivity index (χ4v) is 11.1. The summed E-state index contributed by atoms with van der Waals surface area (Å²) in [6, 6.07) is 5.89. The average molecular weight is 983 g/mol. The molecule has 4 aliphatic heterocycles. The van der Waals surface area contributed by atoms with Crippen LogP contribution in [0.1, 0.15) is 99.3 Å². The van der Waals surface area contributed by atoms with Gasteiger partial charge in [-0.05, 0) is 77.3 Å². The van der Waals surface area contributed by atoms with Crippen molar-refractivity contribution >= 4 is 56.8 Å². The van der Waals surface area contributed by atoms with Crippen molar-refractivity contribution in [3.05, 3.63) is 59.7 Å². The van der Waals surface area contributed by atoms with Crippen molar-refractivity contribution in [3.63, 3.8) is 0 Å². The highest BCUT2D eigenvalue weighted by Crippen LogP contribution is 2.40. The Bertz CT molecular complexity index is 2140. The smallest absolute Gasteiger partial charge is 0.412 e. The third-order valence-corrected chi connectivity index (χ3v) is 15.5. The number of methoxy groups -OCH3 is 2. The van der Waals surface area contributed by atoms with Gasteiger partial charge in [-0.15, -0.1) is 0 Å². The molecular formula is C49H70N6O11S2. The highest BCUT2D eigenvalue weighted by Gasteiger charge is 2.45. The van der Waals surface area contributed by atoms with E-state index in [1.165, 1.54) is 19.1 Å². The molecule has 4 aliphatic rings. The highest BCUT2D eigenvalue weighted by molar-refractivity contribution is 8.77. The zero-order valence-electron chi connectivity index (χ0n) is 40.3. The van der Waals surface area contributed by atoms with Gasteiger partial charge in [0.25, 0.3) is 11.8 Å². The standard InChI is InChI=1S/C49H70N6O11S2/c1-8-15-52-44(56)14-21-67-68-49(4,5)30-66-48(59)53-16-20-65-47(53)38-23-32(3)29-55(38)46(58)34-25-41(61-7)43(27-36(34)51)64-18-11-9-10-17-63-42-26-35(50)33(24-40(42)60-6)45(57)54-28-31(2)22-37(54)39-13-12-19-62-39/h24-27,37-39,47H,2-3,8-23,28-30,50-51H2,1,4-7H3,(H,52,56)/t37-,38-,39?,47?/m0/s1. The van der Waals surface area contributed by atoms with Gasteiger partial charge in [0.2, 0.25) is 5.91 Å². The summed E-state index contributed by atoms with van der Waals surface area (Å²) in [6.45, 7) is 17.9. The third-order valence-electron chi connectivity index (χ3n) is 12.2. The summed E-state index contributed by atoms with van der Waals surface area (Å²) >= 11 is 0. The quantitative estimate of drug-likeness (QED) is 0.0440. The molecule has 4 amide bonds. The summed E-state index contributed by atoms with van der Waals surface area (Å²) in [6.07, 6.45) is 5.28. The zero-order valence-corrected chi connectivity index (χ0v) is 41.9. The van der Waals surface area contributed by atoms with Crippen LogP contribution >= 0.6 is 21.6 Å². The third kappa shape index (κ3) is 13.4. The summed E-state index contributed by atoms with van der Waals surface area (Å²) in [5.74, 6) is 1.78. The normalized spacial score (nSPS) is 20.5. The van der Waals surface area contributed by atoms with Crippen LogP contribution in [0.2, 0.25) is 0 Å². The van der Waals surface area contributed by atoms with Crippen molar-refractivity contribution in [2.24, 2.45) is 0 Å². The van der Waals surface area contributed by atoms with Gasteiger partial charge in [-0.3, -0.25) is 19.3 Å². The van der Waals surface area contributed by atoms with E-state index in [1.54, 1.807) is 50.8 Å². The van der Waals surface area contributed by atoms with Crippen molar-refractivity contribution in [2.45, 2.75) is 108 Å². The average Bonchev–Trinajstić information content (AvgIpc) is 4.16. The van der Waals surface area contributed by atoms with Crippen LogP contribution in [-0.2, 0) is 19.0 Å². The monoisotopic (exact) mass is 982 g/mol. The molecule has 5 N–H and O–H groups in total. The van der Waals surface area contributed by atoms with E-state index in [0.717, 1.165) is 43.3 Å². The number of nitrogen functional groups attached to an aromatic ring is 2. The summed E-state index contributed by atoms with van der Waals surface area (Å²) in [7, 11) is 6.17. The van der Waals surface area contributed by atoms with E-state index >= 15 is 0 Å². The number of hydrogen-bond donors (Lipinski definition) is 3. The Morgan fingerprint density at radius 1 is 0.809 bits per heavy atom. The van der Waals surface area contributed by atoms with Crippen molar-refractivity contribution in [1.29, 1.82) is 0 Å². The molecular weight excluding hydrogens is 913 g/mol. The predicted octanol–water partition coefficient (Wildman–Crippen LogP) is 7.09. The summed E-state index contributed by atoms with van der Waals surface area (Å²) < 4.78 is 40.9. The number of unbranched alkanes of at least 4 members (excludes halogenated alkanes) is 2. The van der Waals surface area contributed by atoms with Gasteiger partial charge in [-0.2, -0.15) is 0 Å². The molecule has 4 saturated heterocycles. The van der Waals surface area contributed by atoms with E-state index in [2.05, 4.69) is 18.5 Å². The minimum Gasteiger partial charge on any atom is -0.493 e. The number of rotatable bonds is 23. The lowest BCUT2D eigenvalue weighted by atomic mass is 10.0. The summed E-state index contributed by atoms with van der Waals surface area (Å²) in [4.78, 5) is 58.4. The molecule has 0 aliphatic carbocycles. The second-order valence-electron chi connectivity index (χ2n) is 18.2. The number of likely N-dealkylation sites (tertiary alicyclic amines) is 2. The topological polar surface area (TPSA) is 207 Å². The van der Waals surface area contributed by atoms with Crippen LogP contribution in [0.25, 0.3) is 0 Å². The number of hydrogen-bond acceptors (Lipinski definition) is 15. The molecule has 17 nitrogen and oxygen atoms in total. The molecule has 2 aromatic carbocycles. The molecule has 2 aromatic rings. The van der Waals surface area contributed by atoms with Crippen LogP contribution in [0, 0.1) is 0 Å². The molecule has 0 spiro atoms. The Labute approximate surface area is 408 Å². The SMILES string of the molecule is C=C1C[C@@H](C2CCCO2)N(C(=O)c2cc(OC)c(OCCCCCOc3cc(N)c(C(=O)N4CC(=C)C[C@H]4C4OCCN4C(=O)OCC(C)(C)SSCCC(=O)NCCC)cc3OC)cc2N)C1. The lowest BCUT2D eigenvalue weighted by Crippen LogP contribution is -2.51. The first kappa shape index (κ1) is 52.4. The number of anilines is 2. The van der Waals surface area contributed by atoms with Crippen LogP contribution in [-0.4, -0.2) is 147 Å². The Morgan fingerprint density at radius 2 is 1.40 bits per heavy atom. The van der Waals surface area contributed by atoms with Crippen molar-refractivity contribution in [1.82, 2.24) is 20.0 Å². The summed E-state index contributed by atoms with van der Waals surface area (Å²) in [5.41, 5.74) is 15.9. The minimum absolute atomic E-state index is 0.00250.